The molecule has 4 aromatic rings. The second-order valence-corrected chi connectivity index (χ2v) is 7.96. The molecule has 0 bridgehead atoms. The van der Waals surface area contributed by atoms with Crippen LogP contribution in [0.15, 0.2) is 41.8 Å². The zero-order valence-electron chi connectivity index (χ0n) is 13.8. The molecule has 3 aromatic heterocycles. The largest absolute Gasteiger partial charge is 0.327 e. The van der Waals surface area contributed by atoms with Gasteiger partial charge in [-0.1, -0.05) is 12.1 Å². The van der Waals surface area contributed by atoms with Gasteiger partial charge in [0, 0.05) is 27.9 Å². The Balaban J connectivity index is 1.94. The Labute approximate surface area is 149 Å². The number of aryl methyl sites for hydroxylation is 3. The molecule has 0 unspecified atom stereocenters. The van der Waals surface area contributed by atoms with Crippen molar-refractivity contribution in [3.05, 3.63) is 68.1 Å². The van der Waals surface area contributed by atoms with E-state index in [1.807, 2.05) is 19.1 Å². The Morgan fingerprint density at radius 2 is 1.92 bits per heavy atom. The molecule has 5 heteroatoms. The minimum atomic E-state index is 0.955. The van der Waals surface area contributed by atoms with Crippen LogP contribution in [0.25, 0.3) is 22.7 Å². The molecule has 0 radical (unpaired) electrons. The van der Waals surface area contributed by atoms with Gasteiger partial charge in [0.05, 0.1) is 16.6 Å². The maximum atomic E-state index is 4.87. The van der Waals surface area contributed by atoms with Crippen LogP contribution in [0.5, 0.6) is 0 Å². The maximum absolute atomic E-state index is 4.87. The number of rotatable bonds is 3. The highest BCUT2D eigenvalue weighted by molar-refractivity contribution is 7.13. The third-order valence-electron chi connectivity index (χ3n) is 3.93. The molecule has 0 amide bonds. The summed E-state index contributed by atoms with van der Waals surface area (Å²) < 4.78 is 2.15. The van der Waals surface area contributed by atoms with Crippen LogP contribution in [-0.4, -0.2) is 14.5 Å². The van der Waals surface area contributed by atoms with E-state index in [-0.39, 0.29) is 0 Å². The fourth-order valence-corrected chi connectivity index (χ4v) is 4.39. The summed E-state index contributed by atoms with van der Waals surface area (Å²) >= 11 is 3.46. The van der Waals surface area contributed by atoms with Gasteiger partial charge in [0.2, 0.25) is 0 Å². The monoisotopic (exact) mass is 351 g/mol. The third kappa shape index (κ3) is 2.70. The van der Waals surface area contributed by atoms with Crippen molar-refractivity contribution in [2.24, 2.45) is 7.05 Å². The quantitative estimate of drug-likeness (QED) is 0.501. The number of aromatic nitrogens is 3. The van der Waals surface area contributed by atoms with Gasteiger partial charge in [0.1, 0.15) is 10.8 Å². The van der Waals surface area contributed by atoms with Gasteiger partial charge in [-0.3, -0.25) is 0 Å². The Morgan fingerprint density at radius 1 is 1.08 bits per heavy atom. The van der Waals surface area contributed by atoms with Crippen LogP contribution in [0.1, 0.15) is 26.3 Å². The summed E-state index contributed by atoms with van der Waals surface area (Å²) in [6.45, 7) is 4.16. The molecule has 0 spiro atoms. The van der Waals surface area contributed by atoms with E-state index in [0.717, 1.165) is 33.1 Å². The number of nitrogens with zero attached hydrogens (tertiary/aromatic N) is 3. The third-order valence-corrected chi connectivity index (χ3v) is 5.87. The highest BCUT2D eigenvalue weighted by atomic mass is 32.1. The average molecular weight is 352 g/mol. The first-order valence-corrected chi connectivity index (χ1v) is 9.44. The summed E-state index contributed by atoms with van der Waals surface area (Å²) in [5.74, 6) is 0.955. The normalized spacial score (nSPS) is 12.2. The van der Waals surface area contributed by atoms with E-state index in [1.54, 1.807) is 22.7 Å². The van der Waals surface area contributed by atoms with Crippen molar-refractivity contribution in [1.82, 2.24) is 14.5 Å². The predicted octanol–water partition coefficient (Wildman–Crippen LogP) is 5.30. The second-order valence-electron chi connectivity index (χ2n) is 5.78. The number of hydrogen-bond donors (Lipinski definition) is 0. The Bertz CT molecular complexity index is 1050. The summed E-state index contributed by atoms with van der Waals surface area (Å²) in [4.78, 5) is 12.1. The van der Waals surface area contributed by atoms with Gasteiger partial charge in [0.15, 0.2) is 0 Å². The summed E-state index contributed by atoms with van der Waals surface area (Å²) in [6.07, 6.45) is 2.21. The van der Waals surface area contributed by atoms with Crippen LogP contribution >= 0.6 is 22.7 Å². The lowest BCUT2D eigenvalue weighted by molar-refractivity contribution is 0.922. The SMILES string of the molecule is Cc1csc(C(=Cc2ccc(C)s2)c2nc3ccccc3n2C)n1. The van der Waals surface area contributed by atoms with Gasteiger partial charge < -0.3 is 4.57 Å². The minimum absolute atomic E-state index is 0.955. The van der Waals surface area contributed by atoms with E-state index in [2.05, 4.69) is 54.3 Å². The highest BCUT2D eigenvalue weighted by Gasteiger charge is 2.17. The molecule has 0 N–H and O–H groups in total. The van der Waals surface area contributed by atoms with Gasteiger partial charge in [-0.2, -0.15) is 0 Å². The Hall–Kier alpha value is -2.24. The van der Waals surface area contributed by atoms with E-state index < -0.39 is 0 Å². The lowest BCUT2D eigenvalue weighted by atomic mass is 10.2. The first kappa shape index (κ1) is 15.3. The standard InChI is InChI=1S/C19H17N3S2/c1-12-11-23-19(20-12)15(10-14-9-8-13(2)24-14)18-21-16-6-4-5-7-17(16)22(18)3/h4-11H,1-3H3. The van der Waals surface area contributed by atoms with Gasteiger partial charge in [-0.05, 0) is 44.2 Å². The average Bonchev–Trinajstić information content (AvgIpc) is 3.26. The Kier molecular flexibility index (Phi) is 3.82. The van der Waals surface area contributed by atoms with E-state index in [0.29, 0.717) is 0 Å². The van der Waals surface area contributed by atoms with Crippen molar-refractivity contribution < 1.29 is 0 Å². The number of imidazole rings is 1. The van der Waals surface area contributed by atoms with E-state index >= 15 is 0 Å². The van der Waals surface area contributed by atoms with Gasteiger partial charge in [-0.15, -0.1) is 22.7 Å². The van der Waals surface area contributed by atoms with Crippen molar-refractivity contribution >= 4 is 45.4 Å². The van der Waals surface area contributed by atoms with Crippen LogP contribution < -0.4 is 0 Å². The topological polar surface area (TPSA) is 30.7 Å². The van der Waals surface area contributed by atoms with E-state index in [9.17, 15) is 0 Å². The van der Waals surface area contributed by atoms with Crippen molar-refractivity contribution in [2.45, 2.75) is 13.8 Å². The van der Waals surface area contributed by atoms with Crippen LogP contribution in [0.4, 0.5) is 0 Å². The lowest BCUT2D eigenvalue weighted by Crippen LogP contribution is -1.98. The molecule has 0 aliphatic carbocycles. The summed E-state index contributed by atoms with van der Waals surface area (Å²) in [5, 5.41) is 3.10. The summed E-state index contributed by atoms with van der Waals surface area (Å²) in [5.41, 5.74) is 4.27. The van der Waals surface area contributed by atoms with E-state index in [1.165, 1.54) is 9.75 Å². The van der Waals surface area contributed by atoms with Crippen LogP contribution in [0.2, 0.25) is 0 Å². The minimum Gasteiger partial charge on any atom is -0.327 e. The summed E-state index contributed by atoms with van der Waals surface area (Å²) in [6, 6.07) is 12.5. The molecule has 4 rings (SSSR count). The summed E-state index contributed by atoms with van der Waals surface area (Å²) in [7, 11) is 2.07. The smallest absolute Gasteiger partial charge is 0.143 e. The molecule has 3 nitrogen and oxygen atoms in total. The maximum Gasteiger partial charge on any atom is 0.143 e. The molecular weight excluding hydrogens is 334 g/mol. The molecule has 24 heavy (non-hydrogen) atoms. The predicted molar refractivity (Wildman–Crippen MR) is 104 cm³/mol. The molecule has 0 aliphatic heterocycles. The lowest BCUT2D eigenvalue weighted by Gasteiger charge is -2.05. The molecule has 0 saturated heterocycles. The molecule has 0 aliphatic rings. The van der Waals surface area contributed by atoms with Crippen LogP contribution in [-0.2, 0) is 7.05 Å². The molecule has 1 aromatic carbocycles. The van der Waals surface area contributed by atoms with Crippen molar-refractivity contribution in [3.8, 4) is 0 Å². The van der Waals surface area contributed by atoms with Crippen molar-refractivity contribution in [1.29, 1.82) is 0 Å². The fraction of sp³-hybridized carbons (Fsp3) is 0.158. The second kappa shape index (κ2) is 6.00. The molecule has 0 fully saturated rings. The van der Waals surface area contributed by atoms with Crippen LogP contribution in [0.3, 0.4) is 0 Å². The highest BCUT2D eigenvalue weighted by Crippen LogP contribution is 2.31. The molecule has 0 saturated carbocycles. The molecule has 0 atom stereocenters. The van der Waals surface area contributed by atoms with Crippen molar-refractivity contribution in [3.63, 3.8) is 0 Å². The first-order chi connectivity index (χ1) is 11.6. The van der Waals surface area contributed by atoms with Crippen molar-refractivity contribution in [2.75, 3.05) is 0 Å². The molecule has 120 valence electrons. The number of hydrogen-bond acceptors (Lipinski definition) is 4. The number of thiazole rings is 1. The van der Waals surface area contributed by atoms with E-state index in [4.69, 9.17) is 9.97 Å². The zero-order chi connectivity index (χ0) is 16.7. The first-order valence-electron chi connectivity index (χ1n) is 7.74. The zero-order valence-corrected chi connectivity index (χ0v) is 15.4. The number of thiophene rings is 1. The number of fused-ring (bicyclic) bond motifs is 1. The Morgan fingerprint density at radius 3 is 2.58 bits per heavy atom. The number of benzene rings is 1. The fourth-order valence-electron chi connectivity index (χ4n) is 2.76. The van der Waals surface area contributed by atoms with Crippen LogP contribution in [0, 0.1) is 13.8 Å². The van der Waals surface area contributed by atoms with Gasteiger partial charge in [0.25, 0.3) is 0 Å². The van der Waals surface area contributed by atoms with Gasteiger partial charge in [-0.25, -0.2) is 9.97 Å². The molecule has 3 heterocycles. The number of para-hydroxylation sites is 2. The van der Waals surface area contributed by atoms with Gasteiger partial charge >= 0.3 is 0 Å². The molecular formula is C19H17N3S2.